The van der Waals surface area contributed by atoms with E-state index in [4.69, 9.17) is 5.73 Å². The normalized spacial score (nSPS) is 16.6. The Morgan fingerprint density at radius 2 is 2.00 bits per heavy atom. The molecule has 0 radical (unpaired) electrons. The van der Waals surface area contributed by atoms with Crippen LogP contribution in [0.5, 0.6) is 5.75 Å². The van der Waals surface area contributed by atoms with Crippen LogP contribution < -0.4 is 5.73 Å². The Labute approximate surface area is 126 Å². The van der Waals surface area contributed by atoms with Gasteiger partial charge in [0.2, 0.25) is 5.91 Å². The molecule has 0 spiro atoms. The number of amides is 1. The molecule has 2 rings (SSSR count). The molecule has 1 aliphatic carbocycles. The van der Waals surface area contributed by atoms with E-state index < -0.39 is 6.04 Å². The molecule has 4 nitrogen and oxygen atoms in total. The number of rotatable bonds is 6. The number of hydrogen-bond donors (Lipinski definition) is 2. The number of nitrogens with two attached hydrogens (primary N) is 1. The number of phenolic OH excluding ortho intramolecular Hbond substituents is 1. The fourth-order valence-corrected chi connectivity index (χ4v) is 2.96. The van der Waals surface area contributed by atoms with Gasteiger partial charge in [-0.15, -0.1) is 6.58 Å². The van der Waals surface area contributed by atoms with E-state index in [1.165, 1.54) is 12.8 Å². The van der Waals surface area contributed by atoms with Crippen LogP contribution in [-0.4, -0.2) is 34.5 Å². The highest BCUT2D eigenvalue weighted by Gasteiger charge is 2.28. The molecule has 0 aliphatic heterocycles. The van der Waals surface area contributed by atoms with E-state index in [1.807, 2.05) is 4.90 Å². The van der Waals surface area contributed by atoms with E-state index in [0.717, 1.165) is 18.4 Å². The minimum atomic E-state index is -0.546. The molecule has 4 heteroatoms. The molecule has 1 saturated carbocycles. The molecule has 0 bridgehead atoms. The van der Waals surface area contributed by atoms with E-state index in [0.29, 0.717) is 19.0 Å². The highest BCUT2D eigenvalue weighted by molar-refractivity contribution is 5.82. The molecule has 1 fully saturated rings. The molecule has 0 aromatic heterocycles. The molecular weight excluding hydrogens is 264 g/mol. The first-order valence-corrected chi connectivity index (χ1v) is 7.56. The lowest BCUT2D eigenvalue weighted by Crippen LogP contribution is -2.48. The maximum absolute atomic E-state index is 12.6. The summed E-state index contributed by atoms with van der Waals surface area (Å²) in [6.07, 6.45) is 6.73. The maximum Gasteiger partial charge on any atom is 0.240 e. The third kappa shape index (κ3) is 4.08. The van der Waals surface area contributed by atoms with Gasteiger partial charge >= 0.3 is 0 Å². The van der Waals surface area contributed by atoms with Gasteiger partial charge in [-0.05, 0) is 37.0 Å². The monoisotopic (exact) mass is 288 g/mol. The second-order valence-corrected chi connectivity index (χ2v) is 5.69. The van der Waals surface area contributed by atoms with Gasteiger partial charge in [0.05, 0.1) is 6.04 Å². The molecule has 114 valence electrons. The molecule has 0 heterocycles. The van der Waals surface area contributed by atoms with Gasteiger partial charge in [0.1, 0.15) is 5.75 Å². The average molecular weight is 288 g/mol. The van der Waals surface area contributed by atoms with Crippen molar-refractivity contribution in [3.8, 4) is 5.75 Å². The van der Waals surface area contributed by atoms with Gasteiger partial charge in [0, 0.05) is 12.6 Å². The van der Waals surface area contributed by atoms with Gasteiger partial charge in [-0.25, -0.2) is 0 Å². The van der Waals surface area contributed by atoms with E-state index in [2.05, 4.69) is 6.58 Å². The summed E-state index contributed by atoms with van der Waals surface area (Å²) < 4.78 is 0. The number of carbonyl (C=O) groups is 1. The summed E-state index contributed by atoms with van der Waals surface area (Å²) in [5.74, 6) is 0.216. The Bertz CT molecular complexity index is 478. The fourth-order valence-electron chi connectivity index (χ4n) is 2.96. The number of phenols is 1. The van der Waals surface area contributed by atoms with Crippen LogP contribution >= 0.6 is 0 Å². The zero-order chi connectivity index (χ0) is 15.2. The lowest BCUT2D eigenvalue weighted by molar-refractivity contribution is -0.134. The van der Waals surface area contributed by atoms with Crippen molar-refractivity contribution in [2.75, 3.05) is 6.54 Å². The van der Waals surface area contributed by atoms with Crippen LogP contribution in [0.3, 0.4) is 0 Å². The van der Waals surface area contributed by atoms with Gasteiger partial charge in [-0.1, -0.05) is 31.1 Å². The van der Waals surface area contributed by atoms with E-state index in [9.17, 15) is 9.90 Å². The highest BCUT2D eigenvalue weighted by atomic mass is 16.3. The van der Waals surface area contributed by atoms with E-state index >= 15 is 0 Å². The molecule has 1 aromatic rings. The minimum absolute atomic E-state index is 0.00475. The number of hydrogen-bond acceptors (Lipinski definition) is 3. The van der Waals surface area contributed by atoms with Crippen molar-refractivity contribution in [2.45, 2.75) is 44.2 Å². The summed E-state index contributed by atoms with van der Waals surface area (Å²) in [7, 11) is 0. The van der Waals surface area contributed by atoms with Crippen LogP contribution in [0, 0.1) is 0 Å². The number of aromatic hydroxyl groups is 1. The summed E-state index contributed by atoms with van der Waals surface area (Å²) in [5, 5.41) is 9.28. The second kappa shape index (κ2) is 7.27. The van der Waals surface area contributed by atoms with E-state index in [-0.39, 0.29) is 11.7 Å². The summed E-state index contributed by atoms with van der Waals surface area (Å²) in [4.78, 5) is 14.5. The van der Waals surface area contributed by atoms with Crippen molar-refractivity contribution in [1.29, 1.82) is 0 Å². The third-order valence-corrected chi connectivity index (χ3v) is 4.08. The van der Waals surface area contributed by atoms with Gasteiger partial charge in [-0.2, -0.15) is 0 Å². The zero-order valence-corrected chi connectivity index (χ0v) is 12.4. The molecule has 1 atom stereocenters. The largest absolute Gasteiger partial charge is 0.508 e. The van der Waals surface area contributed by atoms with Crippen LogP contribution in [-0.2, 0) is 11.2 Å². The Hall–Kier alpha value is -1.81. The van der Waals surface area contributed by atoms with Crippen LogP contribution in [0.15, 0.2) is 36.9 Å². The van der Waals surface area contributed by atoms with Crippen molar-refractivity contribution >= 4 is 5.91 Å². The van der Waals surface area contributed by atoms with Gasteiger partial charge in [-0.3, -0.25) is 4.79 Å². The van der Waals surface area contributed by atoms with Gasteiger partial charge in [0.15, 0.2) is 0 Å². The van der Waals surface area contributed by atoms with Crippen molar-refractivity contribution in [3.05, 3.63) is 42.5 Å². The SMILES string of the molecule is C=CCN(C(=O)[C@@H](N)Cc1ccc(O)cc1)C1CCCC1. The summed E-state index contributed by atoms with van der Waals surface area (Å²) in [5.41, 5.74) is 7.06. The van der Waals surface area contributed by atoms with Crippen molar-refractivity contribution in [1.82, 2.24) is 4.90 Å². The van der Waals surface area contributed by atoms with Crippen molar-refractivity contribution in [3.63, 3.8) is 0 Å². The van der Waals surface area contributed by atoms with Crippen LogP contribution in [0.25, 0.3) is 0 Å². The lowest BCUT2D eigenvalue weighted by atomic mass is 10.0. The first-order valence-electron chi connectivity index (χ1n) is 7.56. The quantitative estimate of drug-likeness (QED) is 0.789. The van der Waals surface area contributed by atoms with Crippen LogP contribution in [0.2, 0.25) is 0 Å². The topological polar surface area (TPSA) is 66.6 Å². The van der Waals surface area contributed by atoms with Crippen molar-refractivity contribution in [2.24, 2.45) is 5.73 Å². The van der Waals surface area contributed by atoms with Crippen LogP contribution in [0.4, 0.5) is 0 Å². The molecule has 1 aliphatic rings. The molecule has 3 N–H and O–H groups in total. The summed E-state index contributed by atoms with van der Waals surface area (Å²) in [6, 6.07) is 6.60. The summed E-state index contributed by atoms with van der Waals surface area (Å²) >= 11 is 0. The number of nitrogens with zero attached hydrogens (tertiary/aromatic N) is 1. The molecule has 1 aromatic carbocycles. The maximum atomic E-state index is 12.6. The highest BCUT2D eigenvalue weighted by Crippen LogP contribution is 2.24. The van der Waals surface area contributed by atoms with Crippen molar-refractivity contribution < 1.29 is 9.90 Å². The number of carbonyl (C=O) groups excluding carboxylic acids is 1. The van der Waals surface area contributed by atoms with Gasteiger partial charge < -0.3 is 15.7 Å². The molecule has 0 unspecified atom stereocenters. The Kier molecular flexibility index (Phi) is 5.39. The zero-order valence-electron chi connectivity index (χ0n) is 12.4. The Morgan fingerprint density at radius 1 is 1.38 bits per heavy atom. The van der Waals surface area contributed by atoms with E-state index in [1.54, 1.807) is 30.3 Å². The third-order valence-electron chi connectivity index (χ3n) is 4.08. The molecule has 1 amide bonds. The van der Waals surface area contributed by atoms with Crippen LogP contribution in [0.1, 0.15) is 31.2 Å². The Balaban J connectivity index is 2.01. The minimum Gasteiger partial charge on any atom is -0.508 e. The first-order chi connectivity index (χ1) is 10.1. The number of benzene rings is 1. The molecular formula is C17H24N2O2. The molecule has 21 heavy (non-hydrogen) atoms. The fraction of sp³-hybridized carbons (Fsp3) is 0.471. The predicted octanol–water partition coefficient (Wildman–Crippen LogP) is 2.22. The predicted molar refractivity (Wildman–Crippen MR) is 84.0 cm³/mol. The van der Waals surface area contributed by atoms with Gasteiger partial charge in [0.25, 0.3) is 0 Å². The molecule has 0 saturated heterocycles. The average Bonchev–Trinajstić information content (AvgIpc) is 3.00. The smallest absolute Gasteiger partial charge is 0.240 e. The Morgan fingerprint density at radius 3 is 2.57 bits per heavy atom. The lowest BCUT2D eigenvalue weighted by Gasteiger charge is -2.30. The second-order valence-electron chi connectivity index (χ2n) is 5.69. The standard InChI is InChI=1S/C17H24N2O2/c1-2-11-19(14-5-3-4-6-14)17(21)16(18)12-13-7-9-15(20)10-8-13/h2,7-10,14,16,20H,1,3-6,11-12,18H2/t16-/m0/s1. The summed E-state index contributed by atoms with van der Waals surface area (Å²) in [6.45, 7) is 4.31. The first kappa shape index (κ1) is 15.6.